The van der Waals surface area contributed by atoms with E-state index in [1.165, 1.54) is 24.1 Å². The van der Waals surface area contributed by atoms with Crippen LogP contribution >= 0.6 is 15.9 Å². The van der Waals surface area contributed by atoms with Gasteiger partial charge in [0.2, 0.25) is 5.95 Å². The number of aromatic nitrogens is 4. The van der Waals surface area contributed by atoms with Crippen LogP contribution in [-0.4, -0.2) is 20.2 Å². The number of aromatic amines is 1. The maximum atomic E-state index is 4.62. The van der Waals surface area contributed by atoms with Crippen LogP contribution in [0.3, 0.4) is 0 Å². The van der Waals surface area contributed by atoms with Gasteiger partial charge in [-0.05, 0) is 40.8 Å². The molecule has 0 aliphatic heterocycles. The highest BCUT2D eigenvalue weighted by Gasteiger charge is 2.25. The molecule has 1 aromatic carbocycles. The van der Waals surface area contributed by atoms with E-state index in [1.807, 2.05) is 18.2 Å². The number of halogens is 1. The maximum Gasteiger partial charge on any atom is 0.225 e. The molecule has 0 bridgehead atoms. The lowest BCUT2D eigenvalue weighted by atomic mass is 10.1. The van der Waals surface area contributed by atoms with Gasteiger partial charge >= 0.3 is 0 Å². The van der Waals surface area contributed by atoms with Gasteiger partial charge in [-0.15, -0.1) is 0 Å². The normalized spacial score (nSPS) is 14.8. The largest absolute Gasteiger partial charge is 0.347 e. The van der Waals surface area contributed by atoms with Gasteiger partial charge in [-0.2, -0.15) is 10.1 Å². The Balaban J connectivity index is 1.51. The van der Waals surface area contributed by atoms with Gasteiger partial charge in [0.05, 0.1) is 10.5 Å². The Labute approximate surface area is 161 Å². The van der Waals surface area contributed by atoms with Crippen LogP contribution in [0.2, 0.25) is 0 Å². The number of benzene rings is 1. The fraction of sp³-hybridized carbons (Fsp3) is 0.316. The van der Waals surface area contributed by atoms with Gasteiger partial charge in [-0.1, -0.05) is 37.3 Å². The minimum atomic E-state index is 0.164. The molecule has 2 heterocycles. The van der Waals surface area contributed by atoms with Gasteiger partial charge in [-0.25, -0.2) is 4.98 Å². The number of hydrogen-bond donors (Lipinski definition) is 3. The average Bonchev–Trinajstić information content (AvgIpc) is 3.42. The van der Waals surface area contributed by atoms with Crippen LogP contribution < -0.4 is 10.6 Å². The molecule has 0 amide bonds. The molecule has 7 heteroatoms. The maximum absolute atomic E-state index is 4.62. The molecule has 0 saturated heterocycles. The lowest BCUT2D eigenvalue weighted by Gasteiger charge is -2.18. The summed E-state index contributed by atoms with van der Waals surface area (Å²) in [5.74, 6) is 2.69. The summed E-state index contributed by atoms with van der Waals surface area (Å²) < 4.78 is 0.798. The summed E-state index contributed by atoms with van der Waals surface area (Å²) in [4.78, 5) is 9.02. The lowest BCUT2D eigenvalue weighted by molar-refractivity contribution is 0.738. The fourth-order valence-corrected chi connectivity index (χ4v) is 3.20. The third-order valence-electron chi connectivity index (χ3n) is 4.52. The zero-order valence-corrected chi connectivity index (χ0v) is 16.1. The Morgan fingerprint density at radius 3 is 2.81 bits per heavy atom. The first-order valence-electron chi connectivity index (χ1n) is 8.89. The zero-order chi connectivity index (χ0) is 17.9. The van der Waals surface area contributed by atoms with Crippen LogP contribution in [0.1, 0.15) is 49.4 Å². The van der Waals surface area contributed by atoms with Crippen molar-refractivity contribution in [1.82, 2.24) is 20.2 Å². The van der Waals surface area contributed by atoms with Crippen LogP contribution in [0.5, 0.6) is 0 Å². The molecule has 1 aliphatic carbocycles. The lowest BCUT2D eigenvalue weighted by Crippen LogP contribution is -2.12. The Hall–Kier alpha value is -2.41. The second-order valence-electron chi connectivity index (χ2n) is 6.51. The van der Waals surface area contributed by atoms with Crippen LogP contribution in [0.25, 0.3) is 0 Å². The molecule has 1 unspecified atom stereocenters. The summed E-state index contributed by atoms with van der Waals surface area (Å²) >= 11 is 3.51. The molecule has 2 aromatic heterocycles. The highest BCUT2D eigenvalue weighted by molar-refractivity contribution is 9.10. The molecular formula is C19H21BrN6. The molecule has 6 nitrogen and oxygen atoms in total. The highest BCUT2D eigenvalue weighted by atomic mass is 79.9. The van der Waals surface area contributed by atoms with E-state index >= 15 is 0 Å². The minimum Gasteiger partial charge on any atom is -0.347 e. The monoisotopic (exact) mass is 412 g/mol. The Kier molecular flexibility index (Phi) is 4.88. The third-order valence-corrected chi connectivity index (χ3v) is 5.10. The predicted octanol–water partition coefficient (Wildman–Crippen LogP) is 5.15. The molecule has 1 fully saturated rings. The van der Waals surface area contributed by atoms with Crippen LogP contribution in [0, 0.1) is 0 Å². The molecule has 1 saturated carbocycles. The zero-order valence-electron chi connectivity index (χ0n) is 14.5. The molecule has 134 valence electrons. The molecule has 3 N–H and O–H groups in total. The topological polar surface area (TPSA) is 78.5 Å². The van der Waals surface area contributed by atoms with Gasteiger partial charge in [0, 0.05) is 23.9 Å². The summed E-state index contributed by atoms with van der Waals surface area (Å²) in [6.45, 7) is 2.14. The van der Waals surface area contributed by atoms with E-state index in [9.17, 15) is 0 Å². The van der Waals surface area contributed by atoms with Crippen molar-refractivity contribution in [2.75, 3.05) is 10.6 Å². The Morgan fingerprint density at radius 1 is 1.27 bits per heavy atom. The summed E-state index contributed by atoms with van der Waals surface area (Å²) in [5, 5.41) is 14.1. The van der Waals surface area contributed by atoms with E-state index < -0.39 is 0 Å². The van der Waals surface area contributed by atoms with E-state index in [1.54, 1.807) is 6.20 Å². The van der Waals surface area contributed by atoms with Crippen molar-refractivity contribution < 1.29 is 0 Å². The predicted molar refractivity (Wildman–Crippen MR) is 107 cm³/mol. The Morgan fingerprint density at radius 2 is 2.08 bits per heavy atom. The second-order valence-corrected chi connectivity index (χ2v) is 7.37. The summed E-state index contributed by atoms with van der Waals surface area (Å²) in [6, 6.07) is 12.6. The molecule has 4 rings (SSSR count). The Bertz CT molecular complexity index is 875. The standard InChI is InChI=1S/C19H21BrN6/c1-2-15(12-6-4-3-5-7-12)22-19-21-11-14(20)18(24-19)23-17-10-16(25-26-17)13-8-9-13/h3-7,10-11,13,15H,2,8-9H2,1H3,(H3,21,22,23,24,25,26). The van der Waals surface area contributed by atoms with Crippen LogP contribution in [-0.2, 0) is 0 Å². The van der Waals surface area contributed by atoms with Gasteiger partial charge in [0.25, 0.3) is 0 Å². The number of rotatable bonds is 7. The van der Waals surface area contributed by atoms with Crippen molar-refractivity contribution in [2.45, 2.75) is 38.1 Å². The summed E-state index contributed by atoms with van der Waals surface area (Å²) in [7, 11) is 0. The third kappa shape index (κ3) is 3.88. The summed E-state index contributed by atoms with van der Waals surface area (Å²) in [5.41, 5.74) is 2.41. The first-order chi connectivity index (χ1) is 12.7. The van der Waals surface area contributed by atoms with E-state index in [4.69, 9.17) is 0 Å². The van der Waals surface area contributed by atoms with Gasteiger partial charge in [-0.3, -0.25) is 5.10 Å². The first kappa shape index (κ1) is 17.0. The van der Waals surface area contributed by atoms with E-state index in [0.29, 0.717) is 17.7 Å². The van der Waals surface area contributed by atoms with Crippen LogP contribution in [0.4, 0.5) is 17.6 Å². The SMILES string of the molecule is CCC(Nc1ncc(Br)c(Nc2cc(C3CC3)[nH]n2)n1)c1ccccc1. The van der Waals surface area contributed by atoms with Crippen molar-refractivity contribution in [1.29, 1.82) is 0 Å². The van der Waals surface area contributed by atoms with Gasteiger partial charge < -0.3 is 10.6 Å². The number of anilines is 3. The van der Waals surface area contributed by atoms with Gasteiger partial charge in [0.1, 0.15) is 0 Å². The molecule has 0 radical (unpaired) electrons. The number of H-pyrrole nitrogens is 1. The highest BCUT2D eigenvalue weighted by Crippen LogP contribution is 2.39. The molecule has 1 aliphatic rings. The van der Waals surface area contributed by atoms with Crippen molar-refractivity contribution >= 4 is 33.5 Å². The smallest absolute Gasteiger partial charge is 0.225 e. The van der Waals surface area contributed by atoms with Crippen molar-refractivity contribution in [2.24, 2.45) is 0 Å². The minimum absolute atomic E-state index is 0.164. The molecule has 0 spiro atoms. The second kappa shape index (κ2) is 7.45. The number of nitrogens with one attached hydrogen (secondary N) is 3. The van der Waals surface area contributed by atoms with Crippen molar-refractivity contribution in [3.05, 3.63) is 58.3 Å². The van der Waals surface area contributed by atoms with Crippen LogP contribution in [0.15, 0.2) is 47.1 Å². The average molecular weight is 413 g/mol. The molecule has 1 atom stereocenters. The molecule has 3 aromatic rings. The van der Waals surface area contributed by atoms with E-state index in [0.717, 1.165) is 16.7 Å². The van der Waals surface area contributed by atoms with Gasteiger partial charge in [0.15, 0.2) is 11.6 Å². The van der Waals surface area contributed by atoms with Crippen molar-refractivity contribution in [3.63, 3.8) is 0 Å². The first-order valence-corrected chi connectivity index (χ1v) is 9.68. The number of hydrogen-bond acceptors (Lipinski definition) is 5. The van der Waals surface area contributed by atoms with E-state index in [2.05, 4.69) is 71.9 Å². The molecule has 26 heavy (non-hydrogen) atoms. The van der Waals surface area contributed by atoms with E-state index in [-0.39, 0.29) is 6.04 Å². The quantitative estimate of drug-likeness (QED) is 0.500. The fourth-order valence-electron chi connectivity index (χ4n) is 2.91. The number of nitrogens with zero attached hydrogens (tertiary/aromatic N) is 3. The van der Waals surface area contributed by atoms with Crippen molar-refractivity contribution in [3.8, 4) is 0 Å². The summed E-state index contributed by atoms with van der Waals surface area (Å²) in [6.07, 6.45) is 5.18. The molecular weight excluding hydrogens is 392 g/mol.